The molecule has 0 aliphatic carbocycles. The zero-order valence-corrected chi connectivity index (χ0v) is 15.9. The van der Waals surface area contributed by atoms with Crippen LogP contribution in [-0.4, -0.2) is 22.8 Å². The number of furan rings is 1. The van der Waals surface area contributed by atoms with Gasteiger partial charge in [0.25, 0.3) is 0 Å². The fraction of sp³-hybridized carbons (Fsp3) is 0. The standard InChI is InChI=1S/C16H12N4O3.2BrH/c21-17-11-13-5-1-3-9-19(13)15-7-8-16(23-15)20-10-4-2-6-14(20)12-18-22;;/h1-12H;2*1H. The Labute approximate surface area is 164 Å². The molecule has 0 atom stereocenters. The van der Waals surface area contributed by atoms with Crippen LogP contribution in [-0.2, 0) is 0 Å². The summed E-state index contributed by atoms with van der Waals surface area (Å²) in [6, 6.07) is 14.5. The number of aromatic nitrogens is 2. The van der Waals surface area contributed by atoms with E-state index in [9.17, 15) is 0 Å². The van der Waals surface area contributed by atoms with Crippen molar-refractivity contribution < 1.29 is 57.9 Å². The van der Waals surface area contributed by atoms with Gasteiger partial charge < -0.3 is 48.8 Å². The highest BCUT2D eigenvalue weighted by Gasteiger charge is 2.22. The maximum atomic E-state index is 8.75. The van der Waals surface area contributed by atoms with Gasteiger partial charge >= 0.3 is 11.8 Å². The molecule has 0 radical (unpaired) electrons. The fourth-order valence-electron chi connectivity index (χ4n) is 2.22. The first-order valence-electron chi connectivity index (χ1n) is 6.80. The van der Waals surface area contributed by atoms with Crippen molar-refractivity contribution in [3.05, 3.63) is 72.3 Å². The van der Waals surface area contributed by atoms with Gasteiger partial charge in [0.2, 0.25) is 11.4 Å². The Morgan fingerprint density at radius 2 is 1.16 bits per heavy atom. The molecule has 0 spiro atoms. The van der Waals surface area contributed by atoms with Gasteiger partial charge in [-0.15, -0.1) is 9.13 Å². The van der Waals surface area contributed by atoms with E-state index in [4.69, 9.17) is 14.8 Å². The van der Waals surface area contributed by atoms with E-state index in [1.807, 2.05) is 24.3 Å². The zero-order valence-electron chi connectivity index (χ0n) is 12.8. The van der Waals surface area contributed by atoms with Crippen molar-refractivity contribution in [3.8, 4) is 11.8 Å². The summed E-state index contributed by atoms with van der Waals surface area (Å²) in [6.45, 7) is 0. The molecule has 0 aromatic carbocycles. The lowest BCUT2D eigenvalue weighted by atomic mass is 10.3. The molecule has 9 heteroatoms. The largest absolute Gasteiger partial charge is 1.00 e. The highest BCUT2D eigenvalue weighted by molar-refractivity contribution is 5.74. The highest BCUT2D eigenvalue weighted by atomic mass is 79.9. The third-order valence-electron chi connectivity index (χ3n) is 3.22. The second kappa shape index (κ2) is 9.70. The summed E-state index contributed by atoms with van der Waals surface area (Å²) in [6.07, 6.45) is 6.24. The van der Waals surface area contributed by atoms with E-state index in [2.05, 4.69) is 10.3 Å². The van der Waals surface area contributed by atoms with Gasteiger partial charge in [0.05, 0.1) is 12.1 Å². The van der Waals surface area contributed by atoms with Gasteiger partial charge in [0, 0.05) is 24.3 Å². The van der Waals surface area contributed by atoms with Crippen molar-refractivity contribution in [1.29, 1.82) is 0 Å². The molecule has 0 unspecified atom stereocenters. The summed E-state index contributed by atoms with van der Waals surface area (Å²) in [4.78, 5) is 0. The predicted molar refractivity (Wildman–Crippen MR) is 80.5 cm³/mol. The Morgan fingerprint density at radius 3 is 1.56 bits per heavy atom. The first kappa shape index (κ1) is 20.5. The van der Waals surface area contributed by atoms with Crippen LogP contribution in [0.15, 0.2) is 75.7 Å². The molecule has 25 heavy (non-hydrogen) atoms. The van der Waals surface area contributed by atoms with Crippen LogP contribution in [0.1, 0.15) is 11.4 Å². The van der Waals surface area contributed by atoms with E-state index in [1.165, 1.54) is 12.4 Å². The summed E-state index contributed by atoms with van der Waals surface area (Å²) >= 11 is 0. The molecule has 2 N–H and O–H groups in total. The number of hydrogen-bond donors (Lipinski definition) is 2. The lowest BCUT2D eigenvalue weighted by Gasteiger charge is -1.95. The van der Waals surface area contributed by atoms with Gasteiger partial charge in [0.1, 0.15) is 12.4 Å². The Bertz CT molecular complexity index is 811. The quantitative estimate of drug-likeness (QED) is 0.175. The molecular weight excluding hydrogens is 456 g/mol. The molecule has 7 nitrogen and oxygen atoms in total. The van der Waals surface area contributed by atoms with Crippen LogP contribution in [0.3, 0.4) is 0 Å². The Balaban J connectivity index is 0.00000156. The molecule has 0 aliphatic rings. The van der Waals surface area contributed by atoms with Crippen molar-refractivity contribution in [2.24, 2.45) is 10.3 Å². The first-order valence-corrected chi connectivity index (χ1v) is 6.80. The smallest absolute Gasteiger partial charge is 0.383 e. The number of nitrogens with zero attached hydrogens (tertiary/aromatic N) is 4. The Morgan fingerprint density at radius 1 is 0.720 bits per heavy atom. The minimum absolute atomic E-state index is 0. The van der Waals surface area contributed by atoms with Crippen LogP contribution in [0, 0.1) is 0 Å². The van der Waals surface area contributed by atoms with Crippen LogP contribution in [0.4, 0.5) is 0 Å². The Hall–Kier alpha value is -2.52. The monoisotopic (exact) mass is 468 g/mol. The number of halogens is 2. The maximum absolute atomic E-state index is 8.75. The van der Waals surface area contributed by atoms with E-state index >= 15 is 0 Å². The van der Waals surface area contributed by atoms with Crippen molar-refractivity contribution in [2.75, 3.05) is 0 Å². The zero-order chi connectivity index (χ0) is 16.1. The molecule has 3 rings (SSSR count). The minimum Gasteiger partial charge on any atom is -1.00 e. The molecule has 3 aromatic heterocycles. The van der Waals surface area contributed by atoms with Crippen LogP contribution in [0.25, 0.3) is 11.8 Å². The lowest BCUT2D eigenvalue weighted by molar-refractivity contribution is -0.628. The average Bonchev–Trinajstić information content (AvgIpc) is 3.06. The molecule has 0 amide bonds. The molecule has 0 bridgehead atoms. The molecule has 3 heterocycles. The molecule has 130 valence electrons. The van der Waals surface area contributed by atoms with Crippen molar-refractivity contribution in [3.63, 3.8) is 0 Å². The highest BCUT2D eigenvalue weighted by Crippen LogP contribution is 2.09. The molecule has 0 aliphatic heterocycles. The van der Waals surface area contributed by atoms with Gasteiger partial charge in [-0.05, 0) is 12.1 Å². The number of hydrogen-bond acceptors (Lipinski definition) is 5. The third-order valence-corrected chi connectivity index (χ3v) is 3.22. The Kier molecular flexibility index (Phi) is 7.96. The first-order chi connectivity index (χ1) is 11.3. The molecular formula is C16H14Br2N4O3. The molecule has 0 saturated heterocycles. The van der Waals surface area contributed by atoms with Gasteiger partial charge in [-0.25, -0.2) is 0 Å². The van der Waals surface area contributed by atoms with Crippen LogP contribution in [0.5, 0.6) is 0 Å². The minimum atomic E-state index is 0. The van der Waals surface area contributed by atoms with Gasteiger partial charge in [-0.2, -0.15) is 0 Å². The topological polar surface area (TPSA) is 86.1 Å². The average molecular weight is 470 g/mol. The molecule has 3 aromatic rings. The second-order valence-electron chi connectivity index (χ2n) is 4.59. The van der Waals surface area contributed by atoms with Crippen molar-refractivity contribution >= 4 is 12.4 Å². The summed E-state index contributed by atoms with van der Waals surface area (Å²) < 4.78 is 9.35. The third kappa shape index (κ3) is 4.52. The van der Waals surface area contributed by atoms with Gasteiger partial charge in [-0.1, -0.05) is 10.3 Å². The van der Waals surface area contributed by atoms with E-state index in [-0.39, 0.29) is 34.0 Å². The van der Waals surface area contributed by atoms with Gasteiger partial charge in [-0.3, -0.25) is 0 Å². The summed E-state index contributed by atoms with van der Waals surface area (Å²) in [5, 5.41) is 23.6. The lowest BCUT2D eigenvalue weighted by Crippen LogP contribution is -3.00. The van der Waals surface area contributed by atoms with Crippen LogP contribution in [0.2, 0.25) is 0 Å². The van der Waals surface area contributed by atoms with Crippen molar-refractivity contribution in [2.45, 2.75) is 0 Å². The van der Waals surface area contributed by atoms with E-state index in [0.29, 0.717) is 23.2 Å². The van der Waals surface area contributed by atoms with Gasteiger partial charge in [0.15, 0.2) is 12.4 Å². The van der Waals surface area contributed by atoms with E-state index < -0.39 is 0 Å². The summed E-state index contributed by atoms with van der Waals surface area (Å²) in [5.41, 5.74) is 1.32. The number of rotatable bonds is 4. The normalized spacial score (nSPS) is 10.6. The second-order valence-corrected chi connectivity index (χ2v) is 4.59. The fourth-order valence-corrected chi connectivity index (χ4v) is 2.22. The number of oxime groups is 2. The van der Waals surface area contributed by atoms with E-state index in [0.717, 1.165) is 0 Å². The molecule has 0 fully saturated rings. The summed E-state index contributed by atoms with van der Waals surface area (Å²) in [7, 11) is 0. The maximum Gasteiger partial charge on any atom is 0.383 e. The SMILES string of the molecule is O/N=C/c1cccc[n+]1-c1ccc(-[n+]2ccccc2/C=N/O)o1.[Br-].[Br-]. The number of pyridine rings is 2. The summed E-state index contributed by atoms with van der Waals surface area (Å²) in [5.74, 6) is 1.11. The predicted octanol–water partition coefficient (Wildman–Crippen LogP) is -4.54. The van der Waals surface area contributed by atoms with Crippen LogP contribution < -0.4 is 43.1 Å². The van der Waals surface area contributed by atoms with Crippen molar-refractivity contribution in [1.82, 2.24) is 0 Å². The van der Waals surface area contributed by atoms with Crippen LogP contribution >= 0.6 is 0 Å². The molecule has 0 saturated carbocycles. The van der Waals surface area contributed by atoms with E-state index in [1.54, 1.807) is 45.8 Å².